The Morgan fingerprint density at radius 1 is 0.857 bits per heavy atom. The van der Waals surface area contributed by atoms with Gasteiger partial charge in [-0.05, 0) is 29.8 Å². The summed E-state index contributed by atoms with van der Waals surface area (Å²) in [5, 5.41) is 7.25. The molecule has 0 saturated heterocycles. The molecule has 4 aromatic rings. The molecule has 35 heavy (non-hydrogen) atoms. The van der Waals surface area contributed by atoms with Crippen LogP contribution in [-0.2, 0) is 16.1 Å². The van der Waals surface area contributed by atoms with Crippen molar-refractivity contribution < 1.29 is 19.1 Å². The maximum absolute atomic E-state index is 13.4. The fraction of sp³-hybridized carbons (Fsp3) is 0.111. The molecule has 1 N–H and O–H groups in total. The van der Waals surface area contributed by atoms with E-state index >= 15 is 0 Å². The predicted molar refractivity (Wildman–Crippen MR) is 132 cm³/mol. The van der Waals surface area contributed by atoms with Crippen molar-refractivity contribution in [2.75, 3.05) is 19.5 Å². The fourth-order valence-corrected chi connectivity index (χ4v) is 3.66. The van der Waals surface area contributed by atoms with Gasteiger partial charge in [0.1, 0.15) is 17.9 Å². The van der Waals surface area contributed by atoms with Gasteiger partial charge in [-0.15, -0.1) is 0 Å². The van der Waals surface area contributed by atoms with E-state index in [9.17, 15) is 14.4 Å². The van der Waals surface area contributed by atoms with E-state index in [4.69, 9.17) is 9.47 Å². The van der Waals surface area contributed by atoms with Crippen LogP contribution in [0.25, 0.3) is 22.4 Å². The van der Waals surface area contributed by atoms with Gasteiger partial charge in [0.2, 0.25) is 5.91 Å². The molecule has 1 heterocycles. The summed E-state index contributed by atoms with van der Waals surface area (Å²) in [6.07, 6.45) is 0. The molecule has 1 amide bonds. The van der Waals surface area contributed by atoms with E-state index in [1.54, 1.807) is 55.6 Å². The predicted octanol–water partition coefficient (Wildman–Crippen LogP) is 4.01. The summed E-state index contributed by atoms with van der Waals surface area (Å²) in [4.78, 5) is 39.0. The van der Waals surface area contributed by atoms with E-state index in [0.29, 0.717) is 33.8 Å². The van der Waals surface area contributed by atoms with Gasteiger partial charge < -0.3 is 14.8 Å². The molecule has 8 nitrogen and oxygen atoms in total. The molecule has 4 rings (SSSR count). The Hall–Kier alpha value is -4.72. The number of benzene rings is 3. The van der Waals surface area contributed by atoms with Crippen LogP contribution in [-0.4, -0.2) is 35.9 Å². The number of anilines is 1. The highest BCUT2D eigenvalue weighted by Gasteiger charge is 2.26. The lowest BCUT2D eigenvalue weighted by atomic mass is 9.95. The summed E-state index contributed by atoms with van der Waals surface area (Å²) in [5.41, 5.74) is 1.66. The van der Waals surface area contributed by atoms with Crippen LogP contribution in [0.1, 0.15) is 10.4 Å². The molecule has 0 unspecified atom stereocenters. The number of aromatic nitrogens is 2. The van der Waals surface area contributed by atoms with Crippen LogP contribution in [0.2, 0.25) is 0 Å². The van der Waals surface area contributed by atoms with Crippen molar-refractivity contribution in [3.63, 3.8) is 0 Å². The van der Waals surface area contributed by atoms with Gasteiger partial charge in [0, 0.05) is 16.8 Å². The highest BCUT2D eigenvalue weighted by molar-refractivity contribution is 6.01. The molecular weight excluding hydrogens is 446 g/mol. The Morgan fingerprint density at radius 2 is 1.46 bits per heavy atom. The van der Waals surface area contributed by atoms with Crippen molar-refractivity contribution in [1.82, 2.24) is 9.78 Å². The van der Waals surface area contributed by atoms with Crippen molar-refractivity contribution in [2.45, 2.75) is 6.54 Å². The summed E-state index contributed by atoms with van der Waals surface area (Å²) in [6.45, 7) is -0.399. The second kappa shape index (κ2) is 10.5. The first-order valence-electron chi connectivity index (χ1n) is 10.8. The third kappa shape index (κ3) is 5.11. The van der Waals surface area contributed by atoms with Crippen LogP contribution in [0.3, 0.4) is 0 Å². The van der Waals surface area contributed by atoms with Gasteiger partial charge in [0.25, 0.3) is 5.56 Å². The van der Waals surface area contributed by atoms with Crippen LogP contribution in [0.5, 0.6) is 5.75 Å². The Labute approximate surface area is 201 Å². The van der Waals surface area contributed by atoms with Gasteiger partial charge in [-0.2, -0.15) is 5.10 Å². The zero-order valence-corrected chi connectivity index (χ0v) is 19.2. The van der Waals surface area contributed by atoms with Crippen LogP contribution in [0.4, 0.5) is 5.69 Å². The molecular formula is C27H23N3O5. The molecule has 176 valence electrons. The molecule has 3 aromatic carbocycles. The van der Waals surface area contributed by atoms with E-state index in [-0.39, 0.29) is 5.56 Å². The summed E-state index contributed by atoms with van der Waals surface area (Å²) in [6, 6.07) is 24.9. The molecule has 0 aliphatic rings. The number of rotatable bonds is 7. The first kappa shape index (κ1) is 23.4. The standard InChI is InChI=1S/C27H23N3O5/c1-34-21-15-13-20(14-16-21)28-22(31)17-30-26(32)24(27(33)35-2)23(18-9-5-3-6-10-18)25(29-30)19-11-7-4-8-12-19/h3-16H,17H2,1-2H3,(H,28,31). The van der Waals surface area contributed by atoms with Crippen molar-refractivity contribution in [1.29, 1.82) is 0 Å². The van der Waals surface area contributed by atoms with Gasteiger partial charge in [-0.25, -0.2) is 9.48 Å². The maximum atomic E-state index is 13.4. The summed E-state index contributed by atoms with van der Waals surface area (Å²) < 4.78 is 11.1. The van der Waals surface area contributed by atoms with Crippen LogP contribution >= 0.6 is 0 Å². The topological polar surface area (TPSA) is 99.5 Å². The number of hydrogen-bond donors (Lipinski definition) is 1. The van der Waals surface area contributed by atoms with E-state index < -0.39 is 24.0 Å². The van der Waals surface area contributed by atoms with Crippen LogP contribution in [0, 0.1) is 0 Å². The first-order valence-corrected chi connectivity index (χ1v) is 10.8. The lowest BCUT2D eigenvalue weighted by Crippen LogP contribution is -2.34. The number of methoxy groups -OCH3 is 2. The monoisotopic (exact) mass is 469 g/mol. The first-order chi connectivity index (χ1) is 17.0. The average Bonchev–Trinajstić information content (AvgIpc) is 2.90. The minimum atomic E-state index is -0.808. The third-order valence-electron chi connectivity index (χ3n) is 5.32. The molecule has 0 aliphatic heterocycles. The SMILES string of the molecule is COC(=O)c1c(-c2ccccc2)c(-c2ccccc2)nn(CC(=O)Nc2ccc(OC)cc2)c1=O. The van der Waals surface area contributed by atoms with Gasteiger partial charge in [0.05, 0.1) is 19.9 Å². The number of esters is 1. The van der Waals surface area contributed by atoms with Gasteiger partial charge in [-0.3, -0.25) is 9.59 Å². The smallest absolute Gasteiger partial charge is 0.344 e. The molecule has 0 atom stereocenters. The Bertz CT molecular complexity index is 1400. The van der Waals surface area contributed by atoms with Gasteiger partial charge >= 0.3 is 5.97 Å². The second-order valence-corrected chi connectivity index (χ2v) is 7.56. The highest BCUT2D eigenvalue weighted by atomic mass is 16.5. The number of nitrogens with one attached hydrogen (secondary N) is 1. The minimum absolute atomic E-state index is 0.190. The minimum Gasteiger partial charge on any atom is -0.497 e. The number of carbonyl (C=O) groups is 2. The Morgan fingerprint density at radius 3 is 2.03 bits per heavy atom. The summed E-state index contributed by atoms with van der Waals surface area (Å²) in [5.74, 6) is -0.641. The number of ether oxygens (including phenoxy) is 2. The molecule has 0 radical (unpaired) electrons. The lowest BCUT2D eigenvalue weighted by Gasteiger charge is -2.16. The van der Waals surface area contributed by atoms with Crippen molar-refractivity contribution in [3.05, 3.63) is 101 Å². The third-order valence-corrected chi connectivity index (χ3v) is 5.32. The van der Waals surface area contributed by atoms with Crippen molar-refractivity contribution >= 4 is 17.6 Å². The quantitative estimate of drug-likeness (QED) is 0.411. The summed E-state index contributed by atoms with van der Waals surface area (Å²) in [7, 11) is 2.76. The molecule has 0 aliphatic carbocycles. The molecule has 0 spiro atoms. The number of carbonyl (C=O) groups excluding carboxylic acids is 2. The zero-order chi connectivity index (χ0) is 24.8. The number of amides is 1. The molecule has 0 bridgehead atoms. The number of nitrogens with zero attached hydrogens (tertiary/aromatic N) is 2. The average molecular weight is 469 g/mol. The van der Waals surface area contributed by atoms with E-state index in [0.717, 1.165) is 4.68 Å². The fourth-order valence-electron chi connectivity index (χ4n) is 3.66. The van der Waals surface area contributed by atoms with Gasteiger partial charge in [-0.1, -0.05) is 60.7 Å². The molecule has 8 heteroatoms. The molecule has 1 aromatic heterocycles. The van der Waals surface area contributed by atoms with Gasteiger partial charge in [0.15, 0.2) is 0 Å². The van der Waals surface area contributed by atoms with Crippen LogP contribution < -0.4 is 15.6 Å². The molecule has 0 fully saturated rings. The Balaban J connectivity index is 1.83. The highest BCUT2D eigenvalue weighted by Crippen LogP contribution is 2.32. The summed E-state index contributed by atoms with van der Waals surface area (Å²) >= 11 is 0. The van der Waals surface area contributed by atoms with E-state index in [2.05, 4.69) is 10.4 Å². The van der Waals surface area contributed by atoms with E-state index in [1.165, 1.54) is 7.11 Å². The van der Waals surface area contributed by atoms with E-state index in [1.807, 2.05) is 36.4 Å². The normalized spacial score (nSPS) is 10.5. The second-order valence-electron chi connectivity index (χ2n) is 7.56. The van der Waals surface area contributed by atoms with Crippen LogP contribution in [0.15, 0.2) is 89.7 Å². The largest absolute Gasteiger partial charge is 0.497 e. The Kier molecular flexibility index (Phi) is 7.02. The number of hydrogen-bond acceptors (Lipinski definition) is 6. The zero-order valence-electron chi connectivity index (χ0n) is 19.2. The van der Waals surface area contributed by atoms with Crippen molar-refractivity contribution in [2.24, 2.45) is 0 Å². The van der Waals surface area contributed by atoms with Crippen molar-refractivity contribution in [3.8, 4) is 28.1 Å². The maximum Gasteiger partial charge on any atom is 0.344 e. The molecule has 0 saturated carbocycles. The lowest BCUT2D eigenvalue weighted by molar-refractivity contribution is -0.117.